The Bertz CT molecular complexity index is 540. The van der Waals surface area contributed by atoms with Crippen molar-refractivity contribution >= 4 is 5.69 Å². The first-order chi connectivity index (χ1) is 8.88. The number of aryl methyl sites for hydroxylation is 1. The van der Waals surface area contributed by atoms with Gasteiger partial charge in [0.2, 0.25) is 0 Å². The highest BCUT2D eigenvalue weighted by Crippen LogP contribution is 2.32. The van der Waals surface area contributed by atoms with Crippen LogP contribution in [0.5, 0.6) is 0 Å². The maximum Gasteiger partial charge on any atom is 0.0378 e. The fourth-order valence-electron chi connectivity index (χ4n) is 2.70. The molecule has 0 fully saturated rings. The van der Waals surface area contributed by atoms with Crippen molar-refractivity contribution in [3.63, 3.8) is 0 Å². The zero-order chi connectivity index (χ0) is 12.4. The van der Waals surface area contributed by atoms with Crippen LogP contribution in [-0.2, 0) is 12.8 Å². The van der Waals surface area contributed by atoms with E-state index in [0.717, 1.165) is 13.0 Å². The van der Waals surface area contributed by atoms with Crippen LogP contribution in [0.3, 0.4) is 0 Å². The molecule has 0 aliphatic carbocycles. The van der Waals surface area contributed by atoms with Crippen LogP contribution in [0.15, 0.2) is 42.5 Å². The number of fused-ring (bicyclic) bond motifs is 1. The van der Waals surface area contributed by atoms with E-state index in [2.05, 4.69) is 54.7 Å². The lowest BCUT2D eigenvalue weighted by atomic mass is 9.92. The molecule has 0 saturated carbocycles. The second kappa shape index (κ2) is 4.85. The molecule has 1 aliphatic rings. The van der Waals surface area contributed by atoms with Gasteiger partial charge in [-0.3, -0.25) is 0 Å². The highest BCUT2D eigenvalue weighted by molar-refractivity contribution is 5.74. The first kappa shape index (κ1) is 11.3. The molecule has 1 nitrogen and oxygen atoms in total. The Morgan fingerprint density at radius 3 is 2.67 bits per heavy atom. The van der Waals surface area contributed by atoms with E-state index in [4.69, 9.17) is 0 Å². The van der Waals surface area contributed by atoms with Crippen molar-refractivity contribution in [3.8, 4) is 11.1 Å². The zero-order valence-corrected chi connectivity index (χ0v) is 10.9. The van der Waals surface area contributed by atoms with Gasteiger partial charge in [-0.2, -0.15) is 0 Å². The van der Waals surface area contributed by atoms with Gasteiger partial charge in [-0.05, 0) is 47.6 Å². The molecule has 1 aliphatic heterocycles. The lowest BCUT2D eigenvalue weighted by Crippen LogP contribution is -2.12. The van der Waals surface area contributed by atoms with Crippen LogP contribution < -0.4 is 5.32 Å². The summed E-state index contributed by atoms with van der Waals surface area (Å²) in [7, 11) is 0. The Morgan fingerprint density at radius 2 is 1.89 bits per heavy atom. The lowest BCUT2D eigenvalue weighted by molar-refractivity contribution is 0.832. The van der Waals surface area contributed by atoms with Crippen molar-refractivity contribution in [3.05, 3.63) is 53.6 Å². The van der Waals surface area contributed by atoms with Crippen molar-refractivity contribution < 1.29 is 0 Å². The van der Waals surface area contributed by atoms with E-state index in [1.54, 1.807) is 0 Å². The average Bonchev–Trinajstić information content (AvgIpc) is 2.47. The third kappa shape index (κ3) is 2.01. The van der Waals surface area contributed by atoms with Crippen molar-refractivity contribution in [2.45, 2.75) is 26.2 Å². The molecule has 0 saturated heterocycles. The molecule has 1 heteroatoms. The minimum atomic E-state index is 1.10. The lowest BCUT2D eigenvalue weighted by Gasteiger charge is -2.21. The number of anilines is 1. The van der Waals surface area contributed by atoms with Crippen LogP contribution in [0.4, 0.5) is 5.69 Å². The fraction of sp³-hybridized carbons (Fsp3) is 0.294. The van der Waals surface area contributed by atoms with Gasteiger partial charge in [0.15, 0.2) is 0 Å². The topological polar surface area (TPSA) is 12.0 Å². The van der Waals surface area contributed by atoms with Gasteiger partial charge in [-0.15, -0.1) is 0 Å². The average molecular weight is 237 g/mol. The van der Waals surface area contributed by atoms with Gasteiger partial charge in [0, 0.05) is 12.2 Å². The predicted octanol–water partition coefficient (Wildman–Crippen LogP) is 4.27. The molecule has 0 spiro atoms. The molecule has 0 bridgehead atoms. The molecule has 2 aromatic carbocycles. The molecular formula is C17H19N. The number of nitrogens with one attached hydrogen (secondary N) is 1. The summed E-state index contributed by atoms with van der Waals surface area (Å²) in [5, 5.41) is 3.50. The molecule has 18 heavy (non-hydrogen) atoms. The standard InChI is InChI=1S/C17H19N/c1-2-13-8-10-14(11-9-13)15-5-3-7-17-16(15)6-4-12-18-17/h3,5,7-11,18H,2,4,6,12H2,1H3. The van der Waals surface area contributed by atoms with Gasteiger partial charge in [-0.1, -0.05) is 43.3 Å². The maximum atomic E-state index is 3.50. The summed E-state index contributed by atoms with van der Waals surface area (Å²) < 4.78 is 0. The highest BCUT2D eigenvalue weighted by Gasteiger charge is 2.13. The van der Waals surface area contributed by atoms with Crippen LogP contribution in [0.25, 0.3) is 11.1 Å². The highest BCUT2D eigenvalue weighted by atomic mass is 14.9. The summed E-state index contributed by atoms with van der Waals surface area (Å²) in [4.78, 5) is 0. The normalized spacial score (nSPS) is 13.8. The summed E-state index contributed by atoms with van der Waals surface area (Å²) in [6, 6.07) is 15.6. The van der Waals surface area contributed by atoms with E-state index in [-0.39, 0.29) is 0 Å². The quantitative estimate of drug-likeness (QED) is 0.822. The monoisotopic (exact) mass is 237 g/mol. The molecule has 0 atom stereocenters. The minimum absolute atomic E-state index is 1.10. The summed E-state index contributed by atoms with van der Waals surface area (Å²) in [6.45, 7) is 3.30. The molecule has 2 aromatic rings. The van der Waals surface area contributed by atoms with Crippen molar-refractivity contribution in [2.75, 3.05) is 11.9 Å². The minimum Gasteiger partial charge on any atom is -0.385 e. The second-order valence-corrected chi connectivity index (χ2v) is 4.91. The van der Waals surface area contributed by atoms with E-state index in [1.807, 2.05) is 0 Å². The fourth-order valence-corrected chi connectivity index (χ4v) is 2.70. The van der Waals surface area contributed by atoms with Crippen LogP contribution in [-0.4, -0.2) is 6.54 Å². The van der Waals surface area contributed by atoms with E-state index in [9.17, 15) is 0 Å². The Balaban J connectivity index is 2.05. The SMILES string of the molecule is CCc1ccc(-c2cccc3c2CCCN3)cc1. The number of benzene rings is 2. The summed E-state index contributed by atoms with van der Waals surface area (Å²) >= 11 is 0. The summed E-state index contributed by atoms with van der Waals surface area (Å²) in [5.41, 5.74) is 6.93. The van der Waals surface area contributed by atoms with Gasteiger partial charge < -0.3 is 5.32 Å². The Morgan fingerprint density at radius 1 is 1.06 bits per heavy atom. The maximum absolute atomic E-state index is 3.50. The number of rotatable bonds is 2. The van der Waals surface area contributed by atoms with Crippen molar-refractivity contribution in [1.29, 1.82) is 0 Å². The molecule has 0 amide bonds. The van der Waals surface area contributed by atoms with Crippen molar-refractivity contribution in [1.82, 2.24) is 0 Å². The van der Waals surface area contributed by atoms with E-state index in [1.165, 1.54) is 40.8 Å². The molecule has 0 unspecified atom stereocenters. The Hall–Kier alpha value is -1.76. The van der Waals surface area contributed by atoms with Gasteiger partial charge >= 0.3 is 0 Å². The molecular weight excluding hydrogens is 218 g/mol. The van der Waals surface area contributed by atoms with E-state index >= 15 is 0 Å². The third-order valence-corrected chi connectivity index (χ3v) is 3.77. The zero-order valence-electron chi connectivity index (χ0n) is 10.9. The van der Waals surface area contributed by atoms with Crippen LogP contribution >= 0.6 is 0 Å². The smallest absolute Gasteiger partial charge is 0.0378 e. The number of hydrogen-bond donors (Lipinski definition) is 1. The van der Waals surface area contributed by atoms with Gasteiger partial charge in [0.05, 0.1) is 0 Å². The largest absolute Gasteiger partial charge is 0.385 e. The molecule has 1 N–H and O–H groups in total. The van der Waals surface area contributed by atoms with Crippen LogP contribution in [0.2, 0.25) is 0 Å². The Labute approximate surface area is 109 Å². The molecule has 1 heterocycles. The first-order valence-electron chi connectivity index (χ1n) is 6.83. The van der Waals surface area contributed by atoms with Gasteiger partial charge in [0.25, 0.3) is 0 Å². The van der Waals surface area contributed by atoms with Gasteiger partial charge in [0.1, 0.15) is 0 Å². The van der Waals surface area contributed by atoms with E-state index < -0.39 is 0 Å². The second-order valence-electron chi connectivity index (χ2n) is 4.91. The predicted molar refractivity (Wildman–Crippen MR) is 78.1 cm³/mol. The summed E-state index contributed by atoms with van der Waals surface area (Å²) in [6.07, 6.45) is 3.53. The molecule has 92 valence electrons. The van der Waals surface area contributed by atoms with Crippen LogP contribution in [0.1, 0.15) is 24.5 Å². The van der Waals surface area contributed by atoms with E-state index in [0.29, 0.717) is 0 Å². The van der Waals surface area contributed by atoms with Crippen molar-refractivity contribution in [2.24, 2.45) is 0 Å². The van der Waals surface area contributed by atoms with Gasteiger partial charge in [-0.25, -0.2) is 0 Å². The molecule has 3 rings (SSSR count). The molecule has 0 aromatic heterocycles. The number of hydrogen-bond acceptors (Lipinski definition) is 1. The summed E-state index contributed by atoms with van der Waals surface area (Å²) in [5.74, 6) is 0. The Kier molecular flexibility index (Phi) is 3.06. The molecule has 0 radical (unpaired) electrons. The third-order valence-electron chi connectivity index (χ3n) is 3.77. The van der Waals surface area contributed by atoms with Crippen LogP contribution in [0, 0.1) is 0 Å². The first-order valence-corrected chi connectivity index (χ1v) is 6.83.